The van der Waals surface area contributed by atoms with Crippen LogP contribution in [0.25, 0.3) is 11.0 Å². The number of H-pyrrole nitrogens is 1. The third-order valence-corrected chi connectivity index (χ3v) is 2.98. The van der Waals surface area contributed by atoms with Gasteiger partial charge in [0.1, 0.15) is 0 Å². The minimum atomic E-state index is -1.13. The zero-order valence-corrected chi connectivity index (χ0v) is 10.3. The number of aromatic carboxylic acids is 1. The highest BCUT2D eigenvalue weighted by Gasteiger charge is 2.13. The molecule has 3 aromatic rings. The van der Waals surface area contributed by atoms with Crippen LogP contribution in [0.2, 0.25) is 0 Å². The van der Waals surface area contributed by atoms with Gasteiger partial charge in [-0.1, -0.05) is 30.3 Å². The van der Waals surface area contributed by atoms with Gasteiger partial charge in [-0.3, -0.25) is 4.79 Å². The molecular weight excluding hydrogens is 256 g/mol. The molecule has 0 saturated carbocycles. The number of ketones is 1. The second kappa shape index (κ2) is 4.62. The van der Waals surface area contributed by atoms with E-state index < -0.39 is 5.97 Å². The number of aromatic amines is 1. The highest BCUT2D eigenvalue weighted by atomic mass is 16.4. The Balaban J connectivity index is 2.05. The van der Waals surface area contributed by atoms with Crippen LogP contribution in [0.4, 0.5) is 0 Å². The topological polar surface area (TPSA) is 83.0 Å². The Morgan fingerprint density at radius 3 is 2.45 bits per heavy atom. The van der Waals surface area contributed by atoms with Crippen molar-refractivity contribution in [3.8, 4) is 0 Å². The molecule has 0 aliphatic rings. The van der Waals surface area contributed by atoms with Gasteiger partial charge in [-0.05, 0) is 18.2 Å². The van der Waals surface area contributed by atoms with Crippen molar-refractivity contribution in [2.24, 2.45) is 0 Å². The van der Waals surface area contributed by atoms with Crippen molar-refractivity contribution in [2.45, 2.75) is 0 Å². The van der Waals surface area contributed by atoms with E-state index >= 15 is 0 Å². The van der Waals surface area contributed by atoms with E-state index in [1.54, 1.807) is 42.5 Å². The van der Waals surface area contributed by atoms with Gasteiger partial charge < -0.3 is 10.1 Å². The van der Waals surface area contributed by atoms with Crippen molar-refractivity contribution in [2.75, 3.05) is 0 Å². The maximum atomic E-state index is 12.3. The molecule has 0 unspecified atom stereocenters. The number of carboxylic acid groups (broad SMARTS) is 1. The average molecular weight is 266 g/mol. The van der Waals surface area contributed by atoms with Crippen molar-refractivity contribution < 1.29 is 14.7 Å². The fraction of sp³-hybridized carbons (Fsp3) is 0. The number of imidazole rings is 1. The number of benzene rings is 2. The smallest absolute Gasteiger partial charge is 0.371 e. The van der Waals surface area contributed by atoms with Crippen LogP contribution in [0.5, 0.6) is 0 Å². The Labute approximate surface area is 113 Å². The van der Waals surface area contributed by atoms with Crippen molar-refractivity contribution in [3.05, 3.63) is 65.5 Å². The van der Waals surface area contributed by atoms with Crippen LogP contribution in [0, 0.1) is 0 Å². The lowest BCUT2D eigenvalue weighted by Gasteiger charge is -2.00. The van der Waals surface area contributed by atoms with E-state index in [2.05, 4.69) is 9.97 Å². The average Bonchev–Trinajstić information content (AvgIpc) is 2.90. The third kappa shape index (κ3) is 2.05. The molecule has 0 saturated heterocycles. The van der Waals surface area contributed by atoms with Gasteiger partial charge in [0.25, 0.3) is 0 Å². The lowest BCUT2D eigenvalue weighted by atomic mass is 10.0. The Hall–Kier alpha value is -2.95. The number of fused-ring (bicyclic) bond motifs is 1. The first-order valence-electron chi connectivity index (χ1n) is 5.98. The van der Waals surface area contributed by atoms with Gasteiger partial charge in [0.15, 0.2) is 5.78 Å². The minimum Gasteiger partial charge on any atom is -0.475 e. The molecule has 1 heterocycles. The molecule has 0 fully saturated rings. The Morgan fingerprint density at radius 2 is 1.75 bits per heavy atom. The largest absolute Gasteiger partial charge is 0.475 e. The number of carbonyl (C=O) groups is 2. The standard InChI is InChI=1S/C15H10N2O3/c18-13(9-4-2-1-3-5-9)10-6-7-11-12(8-10)17-14(16-11)15(19)20/h1-8H,(H,16,17)(H,19,20). The molecule has 3 rings (SSSR count). The number of hydrogen-bond acceptors (Lipinski definition) is 3. The van der Waals surface area contributed by atoms with E-state index in [1.165, 1.54) is 0 Å². The zero-order valence-electron chi connectivity index (χ0n) is 10.3. The highest BCUT2D eigenvalue weighted by Crippen LogP contribution is 2.16. The van der Waals surface area contributed by atoms with Crippen molar-refractivity contribution in [1.82, 2.24) is 9.97 Å². The molecule has 0 aliphatic carbocycles. The predicted octanol–water partition coefficient (Wildman–Crippen LogP) is 2.49. The number of carboxylic acids is 1. The maximum Gasteiger partial charge on any atom is 0.371 e. The van der Waals surface area contributed by atoms with E-state index in [4.69, 9.17) is 5.11 Å². The van der Waals surface area contributed by atoms with Gasteiger partial charge in [-0.2, -0.15) is 0 Å². The molecule has 0 radical (unpaired) electrons. The molecular formula is C15H10N2O3. The molecule has 5 nitrogen and oxygen atoms in total. The Bertz CT molecular complexity index is 806. The molecule has 2 N–H and O–H groups in total. The molecule has 0 bridgehead atoms. The second-order valence-corrected chi connectivity index (χ2v) is 4.32. The molecule has 0 aliphatic heterocycles. The summed E-state index contributed by atoms with van der Waals surface area (Å²) in [4.78, 5) is 29.7. The van der Waals surface area contributed by atoms with E-state index in [1.807, 2.05) is 6.07 Å². The van der Waals surface area contributed by atoms with Crippen LogP contribution < -0.4 is 0 Å². The summed E-state index contributed by atoms with van der Waals surface area (Å²) in [7, 11) is 0. The molecule has 20 heavy (non-hydrogen) atoms. The summed E-state index contributed by atoms with van der Waals surface area (Å²) in [5.74, 6) is -1.38. The monoisotopic (exact) mass is 266 g/mol. The van der Waals surface area contributed by atoms with Crippen LogP contribution in [-0.4, -0.2) is 26.8 Å². The van der Waals surface area contributed by atoms with Crippen molar-refractivity contribution in [1.29, 1.82) is 0 Å². The van der Waals surface area contributed by atoms with Crippen molar-refractivity contribution >= 4 is 22.8 Å². The Kier molecular flexibility index (Phi) is 2.80. The van der Waals surface area contributed by atoms with E-state index in [9.17, 15) is 9.59 Å². The van der Waals surface area contributed by atoms with E-state index in [0.717, 1.165) is 0 Å². The van der Waals surface area contributed by atoms with E-state index in [0.29, 0.717) is 22.2 Å². The first-order valence-corrected chi connectivity index (χ1v) is 5.98. The van der Waals surface area contributed by atoms with E-state index in [-0.39, 0.29) is 11.6 Å². The molecule has 0 spiro atoms. The van der Waals surface area contributed by atoms with Gasteiger partial charge in [0.05, 0.1) is 11.0 Å². The van der Waals surface area contributed by atoms with Crippen LogP contribution in [-0.2, 0) is 0 Å². The first-order chi connectivity index (χ1) is 9.65. The van der Waals surface area contributed by atoms with Gasteiger partial charge in [-0.25, -0.2) is 9.78 Å². The number of hydrogen-bond donors (Lipinski definition) is 2. The molecule has 2 aromatic carbocycles. The number of rotatable bonds is 3. The van der Waals surface area contributed by atoms with Gasteiger partial charge in [0, 0.05) is 11.1 Å². The van der Waals surface area contributed by atoms with Crippen LogP contribution in [0.1, 0.15) is 26.5 Å². The quantitative estimate of drug-likeness (QED) is 0.713. The van der Waals surface area contributed by atoms with Crippen LogP contribution in [0.3, 0.4) is 0 Å². The number of nitrogens with one attached hydrogen (secondary N) is 1. The lowest BCUT2D eigenvalue weighted by molar-refractivity contribution is 0.0685. The summed E-state index contributed by atoms with van der Waals surface area (Å²) in [6, 6.07) is 13.8. The SMILES string of the molecule is O=C(c1ccccc1)c1ccc2[nH]c(C(=O)O)nc2c1. The minimum absolute atomic E-state index is 0.118. The van der Waals surface area contributed by atoms with Gasteiger partial charge >= 0.3 is 5.97 Å². The van der Waals surface area contributed by atoms with Crippen LogP contribution in [0.15, 0.2) is 48.5 Å². The highest BCUT2D eigenvalue weighted by molar-refractivity contribution is 6.10. The molecule has 1 aromatic heterocycles. The summed E-state index contributed by atoms with van der Waals surface area (Å²) >= 11 is 0. The summed E-state index contributed by atoms with van der Waals surface area (Å²) in [6.45, 7) is 0. The van der Waals surface area contributed by atoms with Gasteiger partial charge in [0.2, 0.25) is 5.82 Å². The molecule has 0 amide bonds. The summed E-state index contributed by atoms with van der Waals surface area (Å²) in [5.41, 5.74) is 2.11. The number of aromatic nitrogens is 2. The third-order valence-electron chi connectivity index (χ3n) is 2.98. The summed E-state index contributed by atoms with van der Waals surface area (Å²) in [5, 5.41) is 8.88. The van der Waals surface area contributed by atoms with Crippen molar-refractivity contribution in [3.63, 3.8) is 0 Å². The lowest BCUT2D eigenvalue weighted by Crippen LogP contribution is -2.00. The maximum absolute atomic E-state index is 12.3. The number of nitrogens with zero attached hydrogens (tertiary/aromatic N) is 1. The molecule has 0 atom stereocenters. The summed E-state index contributed by atoms with van der Waals surface area (Å²) < 4.78 is 0. The Morgan fingerprint density at radius 1 is 1.00 bits per heavy atom. The molecule has 5 heteroatoms. The predicted molar refractivity (Wildman–Crippen MR) is 72.9 cm³/mol. The normalized spacial score (nSPS) is 10.6. The second-order valence-electron chi connectivity index (χ2n) is 4.32. The zero-order chi connectivity index (χ0) is 14.1. The fourth-order valence-corrected chi connectivity index (χ4v) is 2.00. The molecule has 98 valence electrons. The summed E-state index contributed by atoms with van der Waals surface area (Å²) in [6.07, 6.45) is 0. The van der Waals surface area contributed by atoms with Crippen LogP contribution >= 0.6 is 0 Å². The fourth-order valence-electron chi connectivity index (χ4n) is 2.00. The van der Waals surface area contributed by atoms with Gasteiger partial charge in [-0.15, -0.1) is 0 Å². The first kappa shape index (κ1) is 12.1. The number of carbonyl (C=O) groups excluding carboxylic acids is 1.